The van der Waals surface area contributed by atoms with E-state index in [4.69, 9.17) is 16.3 Å². The summed E-state index contributed by atoms with van der Waals surface area (Å²) in [5.74, 6) is -0.123. The van der Waals surface area contributed by atoms with Crippen molar-refractivity contribution in [2.24, 2.45) is 0 Å². The predicted molar refractivity (Wildman–Crippen MR) is 65.3 cm³/mol. The van der Waals surface area contributed by atoms with E-state index in [-0.39, 0.29) is 16.8 Å². The second-order valence-corrected chi connectivity index (χ2v) is 4.21. The molecular formula is C11H8ClFN2OS. The minimum atomic E-state index is -0.451. The zero-order chi connectivity index (χ0) is 12.3. The van der Waals surface area contributed by atoms with Gasteiger partial charge in [0.2, 0.25) is 5.88 Å². The molecule has 2 aromatic rings. The Kier molecular flexibility index (Phi) is 3.81. The highest BCUT2D eigenvalue weighted by Gasteiger charge is 2.07. The molecule has 0 saturated carbocycles. The fourth-order valence-electron chi connectivity index (χ4n) is 1.16. The Morgan fingerprint density at radius 1 is 1.29 bits per heavy atom. The third-order valence-electron chi connectivity index (χ3n) is 1.88. The molecule has 0 fully saturated rings. The van der Waals surface area contributed by atoms with E-state index < -0.39 is 5.82 Å². The van der Waals surface area contributed by atoms with Crippen molar-refractivity contribution in [3.8, 4) is 11.6 Å². The van der Waals surface area contributed by atoms with Crippen molar-refractivity contribution in [2.45, 2.75) is 5.16 Å². The Balaban J connectivity index is 2.30. The van der Waals surface area contributed by atoms with Crippen LogP contribution in [0.25, 0.3) is 0 Å². The molecule has 0 amide bonds. The van der Waals surface area contributed by atoms with Crippen molar-refractivity contribution in [2.75, 3.05) is 6.26 Å². The Bertz CT molecular complexity index is 539. The summed E-state index contributed by atoms with van der Waals surface area (Å²) < 4.78 is 18.7. The highest BCUT2D eigenvalue weighted by atomic mass is 35.5. The normalized spacial score (nSPS) is 10.3. The SMILES string of the molecule is CSc1nc(Cl)cc(Oc2ccccc2F)n1. The number of ether oxygens (including phenoxy) is 1. The lowest BCUT2D eigenvalue weighted by Gasteiger charge is -2.06. The number of aromatic nitrogens is 2. The highest BCUT2D eigenvalue weighted by Crippen LogP contribution is 2.25. The molecule has 1 heterocycles. The molecule has 0 aliphatic carbocycles. The molecule has 0 atom stereocenters. The van der Waals surface area contributed by atoms with Gasteiger partial charge in [-0.15, -0.1) is 0 Å². The number of nitrogens with zero attached hydrogens (tertiary/aromatic N) is 2. The Hall–Kier alpha value is -1.33. The first-order valence-electron chi connectivity index (χ1n) is 4.70. The van der Waals surface area contributed by atoms with E-state index in [0.717, 1.165) is 0 Å². The van der Waals surface area contributed by atoms with Crippen molar-refractivity contribution in [1.29, 1.82) is 0 Å². The van der Waals surface area contributed by atoms with E-state index in [1.54, 1.807) is 12.1 Å². The molecule has 3 nitrogen and oxygen atoms in total. The Morgan fingerprint density at radius 2 is 2.06 bits per heavy atom. The van der Waals surface area contributed by atoms with Crippen LogP contribution in [0.2, 0.25) is 5.15 Å². The third kappa shape index (κ3) is 3.08. The molecule has 0 unspecified atom stereocenters. The molecule has 0 aliphatic heterocycles. The van der Waals surface area contributed by atoms with Crippen molar-refractivity contribution in [3.05, 3.63) is 41.3 Å². The van der Waals surface area contributed by atoms with Gasteiger partial charge in [0.25, 0.3) is 0 Å². The van der Waals surface area contributed by atoms with Crippen molar-refractivity contribution < 1.29 is 9.13 Å². The fraction of sp³-hybridized carbons (Fsp3) is 0.0909. The van der Waals surface area contributed by atoms with Crippen LogP contribution in [-0.4, -0.2) is 16.2 Å². The van der Waals surface area contributed by atoms with Crippen molar-refractivity contribution in [1.82, 2.24) is 9.97 Å². The van der Waals surface area contributed by atoms with Gasteiger partial charge in [0.1, 0.15) is 5.15 Å². The Morgan fingerprint density at radius 3 is 2.76 bits per heavy atom. The summed E-state index contributed by atoms with van der Waals surface area (Å²) in [6.45, 7) is 0. The van der Waals surface area contributed by atoms with Crippen LogP contribution in [0.4, 0.5) is 4.39 Å². The monoisotopic (exact) mass is 270 g/mol. The zero-order valence-electron chi connectivity index (χ0n) is 8.85. The first kappa shape index (κ1) is 12.1. The number of para-hydroxylation sites is 1. The summed E-state index contributed by atoms with van der Waals surface area (Å²) >= 11 is 7.13. The molecule has 0 saturated heterocycles. The van der Waals surface area contributed by atoms with Gasteiger partial charge in [-0.3, -0.25) is 0 Å². The summed E-state index contributed by atoms with van der Waals surface area (Å²) in [4.78, 5) is 8.03. The molecule has 6 heteroatoms. The number of hydrogen-bond acceptors (Lipinski definition) is 4. The van der Waals surface area contributed by atoms with Crippen LogP contribution < -0.4 is 4.74 Å². The smallest absolute Gasteiger partial charge is 0.224 e. The van der Waals surface area contributed by atoms with Gasteiger partial charge in [-0.1, -0.05) is 35.5 Å². The predicted octanol–water partition coefficient (Wildman–Crippen LogP) is 3.78. The molecule has 88 valence electrons. The van der Waals surface area contributed by atoms with Crippen LogP contribution >= 0.6 is 23.4 Å². The quantitative estimate of drug-likeness (QED) is 0.483. The standard InChI is InChI=1S/C11H8ClFN2OS/c1-17-11-14-9(12)6-10(15-11)16-8-5-3-2-4-7(8)13/h2-6H,1H3. The molecule has 1 aromatic heterocycles. The molecule has 1 aromatic carbocycles. The lowest BCUT2D eigenvalue weighted by molar-refractivity contribution is 0.422. The van der Waals surface area contributed by atoms with Gasteiger partial charge in [0, 0.05) is 6.07 Å². The molecule has 0 N–H and O–H groups in total. The third-order valence-corrected chi connectivity index (χ3v) is 2.63. The van der Waals surface area contributed by atoms with Gasteiger partial charge >= 0.3 is 0 Å². The summed E-state index contributed by atoms with van der Waals surface area (Å²) in [6.07, 6.45) is 1.82. The van der Waals surface area contributed by atoms with E-state index >= 15 is 0 Å². The maximum absolute atomic E-state index is 13.4. The number of halogens is 2. The molecule has 17 heavy (non-hydrogen) atoms. The Labute approximate surface area is 107 Å². The average Bonchev–Trinajstić information content (AvgIpc) is 2.31. The van der Waals surface area contributed by atoms with Crippen LogP contribution in [0.15, 0.2) is 35.5 Å². The van der Waals surface area contributed by atoms with Gasteiger partial charge in [0.05, 0.1) is 0 Å². The van der Waals surface area contributed by atoms with Crippen LogP contribution in [0.5, 0.6) is 11.6 Å². The molecule has 2 rings (SSSR count). The van der Waals surface area contributed by atoms with Crippen LogP contribution in [0.1, 0.15) is 0 Å². The molecular weight excluding hydrogens is 263 g/mol. The molecule has 0 spiro atoms. The largest absolute Gasteiger partial charge is 0.436 e. The lowest BCUT2D eigenvalue weighted by Crippen LogP contribution is -1.94. The van der Waals surface area contributed by atoms with Gasteiger partial charge in [-0.05, 0) is 18.4 Å². The van der Waals surface area contributed by atoms with Crippen LogP contribution in [-0.2, 0) is 0 Å². The van der Waals surface area contributed by atoms with E-state index in [1.165, 1.54) is 30.0 Å². The molecule has 0 bridgehead atoms. The average molecular weight is 271 g/mol. The van der Waals surface area contributed by atoms with Gasteiger partial charge in [-0.25, -0.2) is 9.37 Å². The lowest BCUT2D eigenvalue weighted by atomic mass is 10.3. The zero-order valence-corrected chi connectivity index (χ0v) is 10.4. The first-order valence-corrected chi connectivity index (χ1v) is 6.30. The van der Waals surface area contributed by atoms with E-state index in [2.05, 4.69) is 9.97 Å². The first-order chi connectivity index (χ1) is 8.19. The molecule has 0 radical (unpaired) electrons. The number of thioether (sulfide) groups is 1. The summed E-state index contributed by atoms with van der Waals surface area (Å²) in [5, 5.41) is 0.736. The minimum absolute atomic E-state index is 0.106. The van der Waals surface area contributed by atoms with Crippen molar-refractivity contribution in [3.63, 3.8) is 0 Å². The summed E-state index contributed by atoms with van der Waals surface area (Å²) in [5.41, 5.74) is 0. The number of benzene rings is 1. The summed E-state index contributed by atoms with van der Waals surface area (Å²) in [7, 11) is 0. The van der Waals surface area contributed by atoms with Crippen molar-refractivity contribution >= 4 is 23.4 Å². The maximum atomic E-state index is 13.4. The highest BCUT2D eigenvalue weighted by molar-refractivity contribution is 7.98. The second kappa shape index (κ2) is 5.33. The van der Waals surface area contributed by atoms with E-state index in [9.17, 15) is 4.39 Å². The maximum Gasteiger partial charge on any atom is 0.224 e. The van der Waals surface area contributed by atoms with Crippen LogP contribution in [0.3, 0.4) is 0 Å². The number of rotatable bonds is 3. The number of hydrogen-bond donors (Lipinski definition) is 0. The van der Waals surface area contributed by atoms with Gasteiger partial charge < -0.3 is 4.74 Å². The second-order valence-electron chi connectivity index (χ2n) is 3.05. The topological polar surface area (TPSA) is 35.0 Å². The van der Waals surface area contributed by atoms with Gasteiger partial charge in [-0.2, -0.15) is 4.98 Å². The summed E-state index contributed by atoms with van der Waals surface area (Å²) in [6, 6.07) is 7.53. The minimum Gasteiger partial charge on any atom is -0.436 e. The van der Waals surface area contributed by atoms with Crippen LogP contribution in [0, 0.1) is 5.82 Å². The van der Waals surface area contributed by atoms with E-state index in [1.807, 2.05) is 6.26 Å². The van der Waals surface area contributed by atoms with Gasteiger partial charge in [0.15, 0.2) is 16.7 Å². The van der Waals surface area contributed by atoms with E-state index in [0.29, 0.717) is 5.16 Å². The fourth-order valence-corrected chi connectivity index (χ4v) is 1.76. The molecule has 0 aliphatic rings.